The molecule has 38 heavy (non-hydrogen) atoms. The third kappa shape index (κ3) is 4.37. The molecule has 0 saturated carbocycles. The van der Waals surface area contributed by atoms with Gasteiger partial charge in [0.25, 0.3) is 0 Å². The van der Waals surface area contributed by atoms with Crippen molar-refractivity contribution in [1.29, 1.82) is 0 Å². The summed E-state index contributed by atoms with van der Waals surface area (Å²) in [5.74, 6) is -2.21. The molecule has 1 spiro atoms. The molecule has 3 aliphatic rings. The number of aliphatic hydroxyl groups is 1. The Morgan fingerprint density at radius 3 is 2.37 bits per heavy atom. The Morgan fingerprint density at radius 2 is 1.79 bits per heavy atom. The lowest BCUT2D eigenvalue weighted by Crippen LogP contribution is -2.60. The summed E-state index contributed by atoms with van der Waals surface area (Å²) >= 11 is 0. The van der Waals surface area contributed by atoms with Crippen LogP contribution in [0.15, 0.2) is 55.6 Å². The van der Waals surface area contributed by atoms with Gasteiger partial charge >= 0.3 is 0 Å². The van der Waals surface area contributed by atoms with E-state index >= 15 is 0 Å². The zero-order valence-electron chi connectivity index (χ0n) is 23.1. The summed E-state index contributed by atoms with van der Waals surface area (Å²) in [6, 6.07) is 8.46. The highest BCUT2D eigenvalue weighted by Gasteiger charge is 2.78. The van der Waals surface area contributed by atoms with Gasteiger partial charge in [0.2, 0.25) is 17.7 Å². The predicted molar refractivity (Wildman–Crippen MR) is 146 cm³/mol. The van der Waals surface area contributed by atoms with E-state index in [1.807, 2.05) is 58.0 Å². The third-order valence-corrected chi connectivity index (χ3v) is 8.37. The number of hydrogen-bond acceptors (Lipinski definition) is 5. The number of para-hydroxylation sites is 1. The normalized spacial score (nSPS) is 29.8. The number of nitrogens with zero attached hydrogens (tertiary/aromatic N) is 3. The maximum atomic E-state index is 14.3. The smallest absolute Gasteiger partial charge is 0.249 e. The minimum atomic E-state index is -1.11. The molecule has 2 unspecified atom stereocenters. The van der Waals surface area contributed by atoms with E-state index in [1.165, 1.54) is 0 Å². The summed E-state index contributed by atoms with van der Waals surface area (Å²) in [5, 5.41) is 9.58. The summed E-state index contributed by atoms with van der Waals surface area (Å²) in [4.78, 5) is 47.7. The second-order valence-electron chi connectivity index (χ2n) is 11.8. The van der Waals surface area contributed by atoms with E-state index in [0.29, 0.717) is 25.8 Å². The van der Waals surface area contributed by atoms with Gasteiger partial charge in [-0.25, -0.2) is 0 Å². The van der Waals surface area contributed by atoms with Gasteiger partial charge in [-0.2, -0.15) is 0 Å². The van der Waals surface area contributed by atoms with Gasteiger partial charge in [0.1, 0.15) is 11.6 Å². The predicted octanol–water partition coefficient (Wildman–Crippen LogP) is 3.17. The highest BCUT2D eigenvalue weighted by atomic mass is 16.5. The number of aliphatic hydroxyl groups excluding tert-OH is 1. The average molecular weight is 524 g/mol. The maximum absolute atomic E-state index is 14.3. The highest BCUT2D eigenvalue weighted by molar-refractivity contribution is 6.03. The van der Waals surface area contributed by atoms with Crippen LogP contribution >= 0.6 is 0 Å². The van der Waals surface area contributed by atoms with Gasteiger partial charge in [-0.3, -0.25) is 14.4 Å². The highest BCUT2D eigenvalue weighted by Crippen LogP contribution is 2.63. The molecule has 3 aliphatic heterocycles. The van der Waals surface area contributed by atoms with Gasteiger partial charge in [0.15, 0.2) is 0 Å². The van der Waals surface area contributed by atoms with Gasteiger partial charge in [-0.15, -0.1) is 13.2 Å². The number of likely N-dealkylation sites (tertiary alicyclic amines) is 1. The number of hydrogen-bond donors (Lipinski definition) is 1. The second kappa shape index (κ2) is 10.3. The lowest BCUT2D eigenvalue weighted by molar-refractivity contribution is -0.154. The number of benzene rings is 1. The lowest BCUT2D eigenvalue weighted by atomic mass is 9.66. The molecular formula is C30H41N3O5. The molecule has 0 aliphatic carbocycles. The van der Waals surface area contributed by atoms with Crippen LogP contribution in [0.25, 0.3) is 0 Å². The molecule has 1 aromatic rings. The molecule has 8 nitrogen and oxygen atoms in total. The fourth-order valence-corrected chi connectivity index (χ4v) is 6.76. The van der Waals surface area contributed by atoms with Crippen molar-refractivity contribution >= 4 is 23.4 Å². The standard InChI is InChI=1S/C30H41N3O5/c1-7-17-31(21-13-10-9-11-14-21)25(35)22-23-26(36)32(19-12-20-34)24(30(23)16-15-29(22,6)38-30)27(37)33(18-8-2)28(3,4)5/h7-11,13-14,22-24,34H,1-2,12,15-20H2,3-6H3/t22-,23-,24?,29+,30?/m0/s1. The Morgan fingerprint density at radius 1 is 1.13 bits per heavy atom. The average Bonchev–Trinajstić information content (AvgIpc) is 3.44. The molecule has 3 heterocycles. The molecule has 4 rings (SSSR count). The SMILES string of the molecule is C=CCN(C(=O)[C@@H]1[C@H]2C(=O)N(CCCO)C(C(=O)N(CC=C)C(C)(C)C)C23CC[C@@]1(C)O3)c1ccccc1. The number of ether oxygens (including phenoxy) is 1. The first kappa shape index (κ1) is 28.0. The van der Waals surface area contributed by atoms with E-state index in [0.717, 1.165) is 5.69 Å². The molecule has 3 fully saturated rings. The molecule has 5 atom stereocenters. The fourth-order valence-electron chi connectivity index (χ4n) is 6.76. The van der Waals surface area contributed by atoms with Crippen molar-refractivity contribution < 1.29 is 24.2 Å². The number of amides is 3. The zero-order valence-corrected chi connectivity index (χ0v) is 23.1. The monoisotopic (exact) mass is 523 g/mol. The van der Waals surface area contributed by atoms with Crippen LogP contribution in [-0.2, 0) is 19.1 Å². The summed E-state index contributed by atoms with van der Waals surface area (Å²) < 4.78 is 6.75. The van der Waals surface area contributed by atoms with Crippen molar-refractivity contribution in [1.82, 2.24) is 9.80 Å². The van der Waals surface area contributed by atoms with Crippen molar-refractivity contribution in [2.45, 2.75) is 69.7 Å². The van der Waals surface area contributed by atoms with Crippen LogP contribution < -0.4 is 4.90 Å². The van der Waals surface area contributed by atoms with Crippen LogP contribution in [-0.4, -0.2) is 81.7 Å². The van der Waals surface area contributed by atoms with E-state index in [9.17, 15) is 19.5 Å². The molecule has 1 N–H and O–H groups in total. The second-order valence-corrected chi connectivity index (χ2v) is 11.8. The zero-order chi connectivity index (χ0) is 27.9. The Labute approximate surface area is 225 Å². The molecule has 1 aromatic carbocycles. The van der Waals surface area contributed by atoms with Crippen LogP contribution in [0.1, 0.15) is 47.0 Å². The van der Waals surface area contributed by atoms with Crippen LogP contribution in [0.5, 0.6) is 0 Å². The van der Waals surface area contributed by atoms with Crippen molar-refractivity contribution in [3.63, 3.8) is 0 Å². The van der Waals surface area contributed by atoms with E-state index < -0.39 is 34.6 Å². The first-order valence-corrected chi connectivity index (χ1v) is 13.5. The summed E-state index contributed by atoms with van der Waals surface area (Å²) in [6.45, 7) is 16.1. The van der Waals surface area contributed by atoms with E-state index in [4.69, 9.17) is 4.74 Å². The van der Waals surface area contributed by atoms with Crippen LogP contribution in [0.2, 0.25) is 0 Å². The molecule has 3 amide bonds. The molecule has 8 heteroatoms. The van der Waals surface area contributed by atoms with E-state index in [-0.39, 0.29) is 37.4 Å². The van der Waals surface area contributed by atoms with Crippen molar-refractivity contribution in [2.75, 3.05) is 31.1 Å². The molecule has 0 radical (unpaired) electrons. The summed E-state index contributed by atoms with van der Waals surface area (Å²) in [5.41, 5.74) is -1.79. The molecule has 0 aromatic heterocycles. The van der Waals surface area contributed by atoms with Crippen molar-refractivity contribution in [3.8, 4) is 0 Å². The Hall–Kier alpha value is -2.97. The molecule has 2 bridgehead atoms. The van der Waals surface area contributed by atoms with Gasteiger partial charge in [0.05, 0.1) is 17.4 Å². The third-order valence-electron chi connectivity index (χ3n) is 8.37. The summed E-state index contributed by atoms with van der Waals surface area (Å²) in [6.07, 6.45) is 4.76. The quantitative estimate of drug-likeness (QED) is 0.476. The number of fused-ring (bicyclic) bond motifs is 1. The summed E-state index contributed by atoms with van der Waals surface area (Å²) in [7, 11) is 0. The lowest BCUT2D eigenvalue weighted by Gasteiger charge is -2.42. The maximum Gasteiger partial charge on any atom is 0.249 e. The first-order chi connectivity index (χ1) is 18.0. The molecule has 206 valence electrons. The minimum absolute atomic E-state index is 0.111. The number of rotatable bonds is 10. The minimum Gasteiger partial charge on any atom is -0.396 e. The Balaban J connectivity index is 1.80. The topological polar surface area (TPSA) is 90.4 Å². The van der Waals surface area contributed by atoms with Gasteiger partial charge < -0.3 is 24.5 Å². The number of carbonyl (C=O) groups is 3. The van der Waals surface area contributed by atoms with Crippen molar-refractivity contribution in [3.05, 3.63) is 55.6 Å². The van der Waals surface area contributed by atoms with E-state index in [2.05, 4.69) is 13.2 Å². The first-order valence-electron chi connectivity index (χ1n) is 13.5. The van der Waals surface area contributed by atoms with Crippen LogP contribution in [0.4, 0.5) is 5.69 Å². The largest absolute Gasteiger partial charge is 0.396 e. The van der Waals surface area contributed by atoms with Crippen LogP contribution in [0, 0.1) is 11.8 Å². The number of carbonyl (C=O) groups excluding carboxylic acids is 3. The molecular weight excluding hydrogens is 482 g/mol. The molecule has 3 saturated heterocycles. The fraction of sp³-hybridized carbons (Fsp3) is 0.567. The van der Waals surface area contributed by atoms with Gasteiger partial charge in [-0.1, -0.05) is 30.4 Å². The van der Waals surface area contributed by atoms with E-state index in [1.54, 1.807) is 26.9 Å². The van der Waals surface area contributed by atoms with Gasteiger partial charge in [-0.05, 0) is 59.1 Å². The van der Waals surface area contributed by atoms with Crippen LogP contribution in [0.3, 0.4) is 0 Å². The van der Waals surface area contributed by atoms with Gasteiger partial charge in [0, 0.05) is 37.5 Å². The Bertz CT molecular complexity index is 1100. The number of anilines is 1. The Kier molecular flexibility index (Phi) is 7.60. The van der Waals surface area contributed by atoms with Crippen molar-refractivity contribution in [2.24, 2.45) is 11.8 Å².